The lowest BCUT2D eigenvalue weighted by Gasteiger charge is -2.01. The van der Waals surface area contributed by atoms with Crippen LogP contribution in [0, 0.1) is 0 Å². The highest BCUT2D eigenvalue weighted by Gasteiger charge is 2.11. The van der Waals surface area contributed by atoms with E-state index >= 15 is 0 Å². The van der Waals surface area contributed by atoms with Crippen LogP contribution in [0.5, 0.6) is 0 Å². The number of aromatic carboxylic acids is 1. The van der Waals surface area contributed by atoms with Gasteiger partial charge in [-0.25, -0.2) is 4.79 Å². The van der Waals surface area contributed by atoms with Gasteiger partial charge >= 0.3 is 5.97 Å². The van der Waals surface area contributed by atoms with Crippen LogP contribution in [0.25, 0.3) is 0 Å². The number of carboxylic acids is 1. The molecule has 0 spiro atoms. The smallest absolute Gasteiger partial charge is 0.371 e. The molecule has 2 aromatic rings. The quantitative estimate of drug-likeness (QED) is 0.852. The van der Waals surface area contributed by atoms with Crippen molar-refractivity contribution in [1.82, 2.24) is 0 Å². The summed E-state index contributed by atoms with van der Waals surface area (Å²) >= 11 is 0. The molecule has 0 saturated carbocycles. The van der Waals surface area contributed by atoms with Crippen LogP contribution in [0.1, 0.15) is 28.3 Å². The molecule has 0 radical (unpaired) electrons. The molecular formula is C15H16O4S. The van der Waals surface area contributed by atoms with Crippen LogP contribution in [0.15, 0.2) is 46.9 Å². The van der Waals surface area contributed by atoms with E-state index in [2.05, 4.69) is 12.1 Å². The highest BCUT2D eigenvalue weighted by atomic mass is 32.2. The average Bonchev–Trinajstić information content (AvgIpc) is 2.88. The molecule has 0 aliphatic rings. The van der Waals surface area contributed by atoms with Crippen molar-refractivity contribution in [2.45, 2.75) is 18.6 Å². The van der Waals surface area contributed by atoms with E-state index in [1.165, 1.54) is 11.6 Å². The third kappa shape index (κ3) is 4.35. The van der Waals surface area contributed by atoms with Crippen molar-refractivity contribution in [3.63, 3.8) is 0 Å². The molecule has 0 bridgehead atoms. The number of rotatable bonds is 7. The summed E-state index contributed by atoms with van der Waals surface area (Å²) in [6, 6.07) is 13.0. The Hall–Kier alpha value is -1.88. The van der Waals surface area contributed by atoms with Gasteiger partial charge in [0.25, 0.3) is 0 Å². The van der Waals surface area contributed by atoms with E-state index in [1.807, 2.05) is 18.2 Å². The fourth-order valence-electron chi connectivity index (χ4n) is 1.88. The minimum atomic E-state index is -1.11. The first-order valence-electron chi connectivity index (χ1n) is 6.36. The van der Waals surface area contributed by atoms with Crippen LogP contribution in [0.4, 0.5) is 0 Å². The van der Waals surface area contributed by atoms with Crippen LogP contribution in [-0.2, 0) is 23.0 Å². The Morgan fingerprint density at radius 3 is 2.55 bits per heavy atom. The van der Waals surface area contributed by atoms with E-state index in [0.717, 1.165) is 12.8 Å². The monoisotopic (exact) mass is 292 g/mol. The van der Waals surface area contributed by atoms with Gasteiger partial charge in [0, 0.05) is 16.6 Å². The molecule has 1 aromatic carbocycles. The van der Waals surface area contributed by atoms with E-state index in [4.69, 9.17) is 9.52 Å². The van der Waals surface area contributed by atoms with Crippen molar-refractivity contribution in [2.24, 2.45) is 0 Å². The minimum Gasteiger partial charge on any atom is -0.475 e. The van der Waals surface area contributed by atoms with E-state index in [0.29, 0.717) is 11.5 Å². The number of aryl methyl sites for hydroxylation is 1. The first-order chi connectivity index (χ1) is 9.65. The third-order valence-electron chi connectivity index (χ3n) is 2.86. The molecule has 4 nitrogen and oxygen atoms in total. The maximum Gasteiger partial charge on any atom is 0.371 e. The van der Waals surface area contributed by atoms with Gasteiger partial charge in [-0.3, -0.25) is 4.21 Å². The summed E-state index contributed by atoms with van der Waals surface area (Å²) in [5, 5.41) is 8.73. The molecule has 0 aliphatic heterocycles. The minimum absolute atomic E-state index is 0.110. The molecule has 5 heteroatoms. The van der Waals surface area contributed by atoms with Crippen molar-refractivity contribution in [3.8, 4) is 0 Å². The summed E-state index contributed by atoms with van der Waals surface area (Å²) in [6.07, 6.45) is 1.73. The predicted octanol–water partition coefficient (Wildman–Crippen LogP) is 2.86. The Labute approximate surface area is 119 Å². The Morgan fingerprint density at radius 1 is 1.15 bits per heavy atom. The van der Waals surface area contributed by atoms with Gasteiger partial charge in [0.05, 0.1) is 5.75 Å². The zero-order chi connectivity index (χ0) is 14.4. The van der Waals surface area contributed by atoms with Crippen molar-refractivity contribution >= 4 is 16.8 Å². The summed E-state index contributed by atoms with van der Waals surface area (Å²) in [6.45, 7) is 0. The first kappa shape index (κ1) is 14.5. The molecule has 106 valence electrons. The second-order valence-corrected chi connectivity index (χ2v) is 6.03. The SMILES string of the molecule is O=C(O)c1ccc(CS(=O)CCCc2ccccc2)o1. The predicted molar refractivity (Wildman–Crippen MR) is 77.1 cm³/mol. The maximum atomic E-state index is 11.9. The second kappa shape index (κ2) is 7.05. The standard InChI is InChI=1S/C15H16O4S/c16-15(17)14-9-8-13(19-14)11-20(18)10-4-7-12-5-2-1-3-6-12/h1-3,5-6,8-9H,4,7,10-11H2,(H,16,17). The van der Waals surface area contributed by atoms with Crippen LogP contribution < -0.4 is 0 Å². The normalized spacial score (nSPS) is 12.2. The molecular weight excluding hydrogens is 276 g/mol. The lowest BCUT2D eigenvalue weighted by molar-refractivity contribution is 0.0661. The second-order valence-electron chi connectivity index (χ2n) is 4.45. The van der Waals surface area contributed by atoms with Gasteiger partial charge in [-0.15, -0.1) is 0 Å². The molecule has 2 rings (SSSR count). The maximum absolute atomic E-state index is 11.9. The van der Waals surface area contributed by atoms with Gasteiger partial charge in [-0.1, -0.05) is 30.3 Å². The van der Waals surface area contributed by atoms with Gasteiger partial charge in [-0.2, -0.15) is 0 Å². The molecule has 0 aliphatic carbocycles. The Balaban J connectivity index is 1.76. The molecule has 20 heavy (non-hydrogen) atoms. The van der Waals surface area contributed by atoms with Crippen molar-refractivity contribution in [3.05, 3.63) is 59.5 Å². The summed E-state index contributed by atoms with van der Waals surface area (Å²) in [7, 11) is -1.03. The molecule has 1 heterocycles. The number of hydrogen-bond acceptors (Lipinski definition) is 3. The van der Waals surface area contributed by atoms with Gasteiger partial charge in [0.1, 0.15) is 5.76 Å². The zero-order valence-corrected chi connectivity index (χ0v) is 11.8. The summed E-state index contributed by atoms with van der Waals surface area (Å²) < 4.78 is 17.0. The highest BCUT2D eigenvalue weighted by Crippen LogP contribution is 2.11. The molecule has 0 fully saturated rings. The molecule has 1 atom stereocenters. The lowest BCUT2D eigenvalue weighted by Crippen LogP contribution is -2.02. The van der Waals surface area contributed by atoms with E-state index in [9.17, 15) is 9.00 Å². The van der Waals surface area contributed by atoms with Gasteiger partial charge in [0.2, 0.25) is 5.76 Å². The van der Waals surface area contributed by atoms with E-state index < -0.39 is 16.8 Å². The average molecular weight is 292 g/mol. The lowest BCUT2D eigenvalue weighted by atomic mass is 10.1. The molecule has 1 aromatic heterocycles. The number of hydrogen-bond donors (Lipinski definition) is 1. The molecule has 0 saturated heterocycles. The van der Waals surface area contributed by atoms with Gasteiger partial charge in [-0.05, 0) is 30.5 Å². The number of furan rings is 1. The number of carbonyl (C=O) groups is 1. The third-order valence-corrected chi connectivity index (χ3v) is 4.21. The van der Waals surface area contributed by atoms with Crippen LogP contribution in [0.3, 0.4) is 0 Å². The fraction of sp³-hybridized carbons (Fsp3) is 0.267. The summed E-state index contributed by atoms with van der Waals surface area (Å²) in [5.74, 6) is 0.0907. The van der Waals surface area contributed by atoms with Crippen molar-refractivity contribution in [2.75, 3.05) is 5.75 Å². The Kier molecular flexibility index (Phi) is 5.12. The van der Waals surface area contributed by atoms with Crippen LogP contribution in [0.2, 0.25) is 0 Å². The van der Waals surface area contributed by atoms with Gasteiger partial charge < -0.3 is 9.52 Å². The van der Waals surface area contributed by atoms with Crippen LogP contribution >= 0.6 is 0 Å². The van der Waals surface area contributed by atoms with Gasteiger partial charge in [0.15, 0.2) is 0 Å². The van der Waals surface area contributed by atoms with Crippen LogP contribution in [-0.4, -0.2) is 21.0 Å². The molecule has 0 amide bonds. The highest BCUT2D eigenvalue weighted by molar-refractivity contribution is 7.84. The largest absolute Gasteiger partial charge is 0.475 e. The van der Waals surface area contributed by atoms with E-state index in [-0.39, 0.29) is 11.5 Å². The number of carboxylic acid groups (broad SMARTS) is 1. The topological polar surface area (TPSA) is 67.5 Å². The Morgan fingerprint density at radius 2 is 1.90 bits per heavy atom. The fourth-order valence-corrected chi connectivity index (χ4v) is 2.97. The summed E-state index contributed by atoms with van der Waals surface area (Å²) in [5.41, 5.74) is 1.23. The first-order valence-corrected chi connectivity index (χ1v) is 7.85. The van der Waals surface area contributed by atoms with E-state index in [1.54, 1.807) is 6.07 Å². The molecule has 1 unspecified atom stereocenters. The molecule has 1 N–H and O–H groups in total. The summed E-state index contributed by atoms with van der Waals surface area (Å²) in [4.78, 5) is 10.7. The van der Waals surface area contributed by atoms with Crippen molar-refractivity contribution in [1.29, 1.82) is 0 Å². The Bertz CT molecular complexity index is 589. The zero-order valence-electron chi connectivity index (χ0n) is 11.0. The number of benzene rings is 1. The van der Waals surface area contributed by atoms with Crippen molar-refractivity contribution < 1.29 is 18.5 Å².